The smallest absolute Gasteiger partial charge is 0.271 e. The van der Waals surface area contributed by atoms with E-state index >= 15 is 0 Å². The summed E-state index contributed by atoms with van der Waals surface area (Å²) in [6.07, 6.45) is 3.13. The number of hydrazone groups is 1. The Hall–Kier alpha value is -1.84. The van der Waals surface area contributed by atoms with Crippen LogP contribution in [0.2, 0.25) is 0 Å². The second-order valence-electron chi connectivity index (χ2n) is 4.35. The summed E-state index contributed by atoms with van der Waals surface area (Å²) in [5.41, 5.74) is 4.09. The molecule has 0 fully saturated rings. The zero-order valence-electron chi connectivity index (χ0n) is 11.9. The van der Waals surface area contributed by atoms with Crippen LogP contribution in [-0.2, 0) is 0 Å². The summed E-state index contributed by atoms with van der Waals surface area (Å²) in [5.74, 6) is 0.570. The van der Waals surface area contributed by atoms with E-state index in [0.29, 0.717) is 12.2 Å². The van der Waals surface area contributed by atoms with E-state index in [0.717, 1.165) is 30.7 Å². The summed E-state index contributed by atoms with van der Waals surface area (Å²) < 4.78 is 5.32. The number of hydrogen-bond acceptors (Lipinski definition) is 3. The van der Waals surface area contributed by atoms with Gasteiger partial charge in [-0.1, -0.05) is 13.3 Å². The molecule has 1 aromatic rings. The minimum atomic E-state index is -0.195. The van der Waals surface area contributed by atoms with Crippen LogP contribution in [-0.4, -0.2) is 18.2 Å². The van der Waals surface area contributed by atoms with Gasteiger partial charge in [-0.05, 0) is 51.0 Å². The molecule has 0 saturated carbocycles. The van der Waals surface area contributed by atoms with E-state index in [4.69, 9.17) is 4.74 Å². The maximum atomic E-state index is 11.8. The fraction of sp³-hybridized carbons (Fsp3) is 0.467. The molecule has 0 aromatic heterocycles. The Morgan fingerprint density at radius 3 is 2.53 bits per heavy atom. The average Bonchev–Trinajstić information content (AvgIpc) is 2.43. The first-order valence-electron chi connectivity index (χ1n) is 6.73. The number of carbonyl (C=O) groups excluding carboxylic acids is 1. The molecule has 0 atom stereocenters. The highest BCUT2D eigenvalue weighted by molar-refractivity contribution is 5.95. The molecule has 0 aliphatic carbocycles. The molecule has 0 spiro atoms. The number of ether oxygens (including phenoxy) is 1. The molecule has 0 heterocycles. The Labute approximate surface area is 114 Å². The number of rotatable bonds is 7. The molecule has 19 heavy (non-hydrogen) atoms. The van der Waals surface area contributed by atoms with Crippen molar-refractivity contribution in [2.45, 2.75) is 40.0 Å². The Kier molecular flexibility index (Phi) is 6.64. The Morgan fingerprint density at radius 2 is 1.95 bits per heavy atom. The lowest BCUT2D eigenvalue weighted by molar-refractivity contribution is 0.0954. The fourth-order valence-corrected chi connectivity index (χ4v) is 1.57. The number of carbonyl (C=O) groups is 1. The molecule has 4 nitrogen and oxygen atoms in total. The van der Waals surface area contributed by atoms with Crippen LogP contribution in [0.3, 0.4) is 0 Å². The number of hydrogen-bond donors (Lipinski definition) is 1. The summed E-state index contributed by atoms with van der Waals surface area (Å²) in [7, 11) is 0. The quantitative estimate of drug-likeness (QED) is 0.605. The summed E-state index contributed by atoms with van der Waals surface area (Å²) in [5, 5.41) is 4.08. The standard InChI is InChI=1S/C15H22N2O2/c1-4-6-7-12(3)16-17-15(18)13-8-10-14(11-9-13)19-5-2/h8-11H,4-7H2,1-3H3,(H,17,18)/b16-12+. The highest BCUT2D eigenvalue weighted by Gasteiger charge is 2.04. The van der Waals surface area contributed by atoms with E-state index in [2.05, 4.69) is 17.5 Å². The molecule has 0 unspecified atom stereocenters. The second-order valence-corrected chi connectivity index (χ2v) is 4.35. The van der Waals surface area contributed by atoms with Crippen molar-refractivity contribution < 1.29 is 9.53 Å². The molecule has 0 aliphatic rings. The van der Waals surface area contributed by atoms with Crippen LogP contribution in [0.5, 0.6) is 5.75 Å². The van der Waals surface area contributed by atoms with Gasteiger partial charge in [-0.25, -0.2) is 5.43 Å². The van der Waals surface area contributed by atoms with Gasteiger partial charge in [-0.15, -0.1) is 0 Å². The molecular formula is C15H22N2O2. The fourth-order valence-electron chi connectivity index (χ4n) is 1.57. The van der Waals surface area contributed by atoms with Crippen molar-refractivity contribution in [2.24, 2.45) is 5.10 Å². The maximum Gasteiger partial charge on any atom is 0.271 e. The Bertz CT molecular complexity index is 424. The van der Waals surface area contributed by atoms with Gasteiger partial charge >= 0.3 is 0 Å². The van der Waals surface area contributed by atoms with Gasteiger partial charge in [0.25, 0.3) is 5.91 Å². The van der Waals surface area contributed by atoms with Crippen LogP contribution in [0.1, 0.15) is 50.4 Å². The molecule has 1 rings (SSSR count). The van der Waals surface area contributed by atoms with Crippen molar-refractivity contribution in [3.05, 3.63) is 29.8 Å². The van der Waals surface area contributed by atoms with E-state index < -0.39 is 0 Å². The minimum Gasteiger partial charge on any atom is -0.494 e. The SMILES string of the molecule is CCCC/C(C)=N/NC(=O)c1ccc(OCC)cc1. The highest BCUT2D eigenvalue weighted by Crippen LogP contribution is 2.11. The van der Waals surface area contributed by atoms with Crippen LogP contribution >= 0.6 is 0 Å². The number of nitrogens with one attached hydrogen (secondary N) is 1. The summed E-state index contributed by atoms with van der Waals surface area (Å²) in [4.78, 5) is 11.8. The minimum absolute atomic E-state index is 0.195. The lowest BCUT2D eigenvalue weighted by Crippen LogP contribution is -2.18. The Balaban J connectivity index is 2.53. The van der Waals surface area contributed by atoms with Crippen molar-refractivity contribution in [1.82, 2.24) is 5.43 Å². The van der Waals surface area contributed by atoms with Crippen LogP contribution in [0.4, 0.5) is 0 Å². The van der Waals surface area contributed by atoms with Gasteiger partial charge in [0.1, 0.15) is 5.75 Å². The number of unbranched alkanes of at least 4 members (excludes halogenated alkanes) is 1. The Morgan fingerprint density at radius 1 is 1.26 bits per heavy atom. The maximum absolute atomic E-state index is 11.8. The van der Waals surface area contributed by atoms with E-state index in [1.54, 1.807) is 24.3 Å². The number of amides is 1. The van der Waals surface area contributed by atoms with Gasteiger partial charge in [0.2, 0.25) is 0 Å². The molecule has 0 bridgehead atoms. The third kappa shape index (κ3) is 5.55. The molecule has 1 N–H and O–H groups in total. The number of nitrogens with zero attached hydrogens (tertiary/aromatic N) is 1. The van der Waals surface area contributed by atoms with Gasteiger partial charge < -0.3 is 4.74 Å². The topological polar surface area (TPSA) is 50.7 Å². The lowest BCUT2D eigenvalue weighted by atomic mass is 10.2. The summed E-state index contributed by atoms with van der Waals surface area (Å²) in [6, 6.07) is 7.03. The number of benzene rings is 1. The third-order valence-electron chi connectivity index (χ3n) is 2.67. The van der Waals surface area contributed by atoms with Crippen molar-refractivity contribution >= 4 is 11.6 Å². The van der Waals surface area contributed by atoms with Gasteiger partial charge in [-0.3, -0.25) is 4.79 Å². The van der Waals surface area contributed by atoms with Gasteiger partial charge in [0, 0.05) is 11.3 Å². The van der Waals surface area contributed by atoms with E-state index in [1.807, 2.05) is 13.8 Å². The normalized spacial score (nSPS) is 11.2. The zero-order chi connectivity index (χ0) is 14.1. The molecule has 0 radical (unpaired) electrons. The van der Waals surface area contributed by atoms with Crippen LogP contribution in [0.25, 0.3) is 0 Å². The molecule has 0 aliphatic heterocycles. The summed E-state index contributed by atoms with van der Waals surface area (Å²) in [6.45, 7) is 6.60. The van der Waals surface area contributed by atoms with Crippen molar-refractivity contribution in [3.63, 3.8) is 0 Å². The highest BCUT2D eigenvalue weighted by atomic mass is 16.5. The van der Waals surface area contributed by atoms with Crippen LogP contribution < -0.4 is 10.2 Å². The zero-order valence-corrected chi connectivity index (χ0v) is 11.9. The lowest BCUT2D eigenvalue weighted by Gasteiger charge is -2.05. The first-order valence-corrected chi connectivity index (χ1v) is 6.73. The van der Waals surface area contributed by atoms with Crippen LogP contribution in [0.15, 0.2) is 29.4 Å². The second kappa shape index (κ2) is 8.29. The largest absolute Gasteiger partial charge is 0.494 e. The first-order chi connectivity index (χ1) is 9.17. The van der Waals surface area contributed by atoms with E-state index in [9.17, 15) is 4.79 Å². The van der Waals surface area contributed by atoms with Gasteiger partial charge in [-0.2, -0.15) is 5.10 Å². The third-order valence-corrected chi connectivity index (χ3v) is 2.67. The van der Waals surface area contributed by atoms with Gasteiger partial charge in [0.05, 0.1) is 6.61 Å². The molecule has 0 saturated heterocycles. The molecule has 1 aromatic carbocycles. The van der Waals surface area contributed by atoms with Crippen LogP contribution in [0, 0.1) is 0 Å². The van der Waals surface area contributed by atoms with E-state index in [-0.39, 0.29) is 5.91 Å². The summed E-state index contributed by atoms with van der Waals surface area (Å²) >= 11 is 0. The predicted molar refractivity (Wildman–Crippen MR) is 77.7 cm³/mol. The predicted octanol–water partition coefficient (Wildman–Crippen LogP) is 3.38. The average molecular weight is 262 g/mol. The van der Waals surface area contributed by atoms with Crippen molar-refractivity contribution in [3.8, 4) is 5.75 Å². The van der Waals surface area contributed by atoms with Crippen molar-refractivity contribution in [2.75, 3.05) is 6.61 Å². The molecule has 104 valence electrons. The molecule has 1 amide bonds. The van der Waals surface area contributed by atoms with Gasteiger partial charge in [0.15, 0.2) is 0 Å². The first kappa shape index (κ1) is 15.2. The van der Waals surface area contributed by atoms with E-state index in [1.165, 1.54) is 0 Å². The monoisotopic (exact) mass is 262 g/mol. The van der Waals surface area contributed by atoms with Crippen molar-refractivity contribution in [1.29, 1.82) is 0 Å². The molecular weight excluding hydrogens is 240 g/mol. The molecule has 4 heteroatoms.